The van der Waals surface area contributed by atoms with Gasteiger partial charge in [0.15, 0.2) is 0 Å². The van der Waals surface area contributed by atoms with E-state index in [1.54, 1.807) is 41.5 Å². The van der Waals surface area contributed by atoms with Gasteiger partial charge >= 0.3 is 12.2 Å². The summed E-state index contributed by atoms with van der Waals surface area (Å²) in [7, 11) is 0. The number of ether oxygens (including phenoxy) is 2. The zero-order valence-corrected chi connectivity index (χ0v) is 26.8. The van der Waals surface area contributed by atoms with Crippen molar-refractivity contribution in [2.24, 2.45) is 0 Å². The maximum Gasteiger partial charge on any atom is 0.408 e. The van der Waals surface area contributed by atoms with Crippen LogP contribution in [0.3, 0.4) is 0 Å². The van der Waals surface area contributed by atoms with Gasteiger partial charge in [0.2, 0.25) is 11.8 Å². The van der Waals surface area contributed by atoms with Crippen molar-refractivity contribution in [3.8, 4) is 0 Å². The first-order chi connectivity index (χ1) is 20.7. The lowest BCUT2D eigenvalue weighted by molar-refractivity contribution is -0.127. The highest BCUT2D eigenvalue weighted by Gasteiger charge is 2.34. The first kappa shape index (κ1) is 34.4. The van der Waals surface area contributed by atoms with Gasteiger partial charge in [-0.05, 0) is 65.5 Å². The van der Waals surface area contributed by atoms with Crippen LogP contribution >= 0.6 is 0 Å². The predicted octanol–water partition coefficient (Wildman–Crippen LogP) is 4.80. The van der Waals surface area contributed by atoms with Crippen molar-refractivity contribution in [1.29, 1.82) is 0 Å². The molecule has 0 heterocycles. The van der Waals surface area contributed by atoms with Crippen LogP contribution in [0.1, 0.15) is 78.4 Å². The van der Waals surface area contributed by atoms with E-state index in [-0.39, 0.29) is 36.7 Å². The number of hydrogen-bond acceptors (Lipinski definition) is 6. The number of alkyl carbamates (subject to hydrolysis) is 2. The van der Waals surface area contributed by atoms with Gasteiger partial charge in [-0.1, -0.05) is 73.5 Å². The van der Waals surface area contributed by atoms with Crippen LogP contribution in [-0.4, -0.2) is 59.4 Å². The van der Waals surface area contributed by atoms with Gasteiger partial charge in [-0.2, -0.15) is 0 Å². The minimum Gasteiger partial charge on any atom is -0.444 e. The molecule has 2 aromatic rings. The Kier molecular flexibility index (Phi) is 12.2. The highest BCUT2D eigenvalue weighted by Crippen LogP contribution is 2.20. The summed E-state index contributed by atoms with van der Waals surface area (Å²) in [5, 5.41) is 11.6. The zero-order valence-electron chi connectivity index (χ0n) is 26.8. The number of carbonyl (C=O) groups is 4. The molecule has 0 unspecified atom stereocenters. The van der Waals surface area contributed by atoms with E-state index in [2.05, 4.69) is 21.3 Å². The van der Waals surface area contributed by atoms with E-state index in [1.807, 2.05) is 60.7 Å². The van der Waals surface area contributed by atoms with E-state index in [0.29, 0.717) is 12.8 Å². The quantitative estimate of drug-likeness (QED) is 0.306. The fourth-order valence-electron chi connectivity index (χ4n) is 5.06. The molecule has 0 bridgehead atoms. The summed E-state index contributed by atoms with van der Waals surface area (Å²) in [5.74, 6) is -0.725. The van der Waals surface area contributed by atoms with E-state index in [0.717, 1.165) is 24.0 Å². The molecule has 1 aliphatic carbocycles. The molecule has 1 fully saturated rings. The topological polar surface area (TPSA) is 135 Å². The summed E-state index contributed by atoms with van der Waals surface area (Å²) in [4.78, 5) is 52.6. The van der Waals surface area contributed by atoms with E-state index >= 15 is 0 Å². The lowest BCUT2D eigenvalue weighted by Gasteiger charge is -2.35. The van der Waals surface area contributed by atoms with Gasteiger partial charge in [0.25, 0.3) is 0 Å². The SMILES string of the molecule is CC(C)(C)OC(=O)N[C@@H](Cc1ccccc1)C(=O)N[C@@H]1CCCC[C@H]1NC(=O)[C@H](Cc1ccccc1)NC(=O)OC(C)(C)C. The molecule has 4 amide bonds. The number of rotatable bonds is 10. The summed E-state index contributed by atoms with van der Waals surface area (Å²) < 4.78 is 10.9. The Hall–Kier alpha value is -4.08. The highest BCUT2D eigenvalue weighted by atomic mass is 16.6. The summed E-state index contributed by atoms with van der Waals surface area (Å²) in [5.41, 5.74) is 0.323. The third kappa shape index (κ3) is 12.3. The van der Waals surface area contributed by atoms with Gasteiger partial charge in [0.05, 0.1) is 0 Å². The van der Waals surface area contributed by atoms with Crippen LogP contribution in [0.15, 0.2) is 60.7 Å². The summed E-state index contributed by atoms with van der Waals surface area (Å²) in [6.07, 6.45) is 2.25. The first-order valence-electron chi connectivity index (χ1n) is 15.4. The summed E-state index contributed by atoms with van der Waals surface area (Å²) >= 11 is 0. The lowest BCUT2D eigenvalue weighted by Crippen LogP contribution is -2.60. The van der Waals surface area contributed by atoms with Crippen LogP contribution in [0.2, 0.25) is 0 Å². The van der Waals surface area contributed by atoms with Crippen LogP contribution in [-0.2, 0) is 31.9 Å². The molecule has 44 heavy (non-hydrogen) atoms. The van der Waals surface area contributed by atoms with Crippen LogP contribution in [0.5, 0.6) is 0 Å². The molecule has 0 aromatic heterocycles. The summed E-state index contributed by atoms with van der Waals surface area (Å²) in [6, 6.07) is 16.4. The molecule has 0 saturated heterocycles. The Labute approximate surface area is 261 Å². The van der Waals surface area contributed by atoms with Crippen molar-refractivity contribution < 1.29 is 28.7 Å². The van der Waals surface area contributed by atoms with Gasteiger partial charge in [-0.25, -0.2) is 9.59 Å². The molecular formula is C34H48N4O6. The number of amides is 4. The summed E-state index contributed by atoms with van der Waals surface area (Å²) in [6.45, 7) is 10.6. The second-order valence-electron chi connectivity index (χ2n) is 13.3. The second kappa shape index (κ2) is 15.6. The molecule has 4 N–H and O–H groups in total. The molecule has 0 radical (unpaired) electrons. The van der Waals surface area contributed by atoms with Crippen LogP contribution in [0, 0.1) is 0 Å². The van der Waals surface area contributed by atoms with Crippen molar-refractivity contribution >= 4 is 24.0 Å². The maximum atomic E-state index is 13.6. The maximum absolute atomic E-state index is 13.6. The monoisotopic (exact) mass is 608 g/mol. The molecule has 10 heteroatoms. The van der Waals surface area contributed by atoms with Crippen molar-refractivity contribution in [2.45, 2.75) is 115 Å². The van der Waals surface area contributed by atoms with Crippen molar-refractivity contribution in [2.75, 3.05) is 0 Å². The Morgan fingerprint density at radius 2 is 0.977 bits per heavy atom. The normalized spacial score (nSPS) is 18.2. The number of hydrogen-bond donors (Lipinski definition) is 4. The minimum atomic E-state index is -0.884. The minimum absolute atomic E-state index is 0.272. The molecule has 1 aliphatic rings. The molecule has 4 atom stereocenters. The van der Waals surface area contributed by atoms with Gasteiger partial charge in [-0.15, -0.1) is 0 Å². The number of benzene rings is 2. The smallest absolute Gasteiger partial charge is 0.408 e. The standard InChI is InChI=1S/C34H48N4O6/c1-33(2,3)43-31(41)37-27(21-23-15-9-7-10-16-23)29(39)35-25-19-13-14-20-26(25)36-30(40)28(22-24-17-11-8-12-18-24)38-32(42)44-34(4,5)6/h7-12,15-18,25-28H,13-14,19-22H2,1-6H3,(H,35,39)(H,36,40)(H,37,41)(H,38,42)/t25-,26-,27+,28+/m1/s1. The number of carbonyl (C=O) groups excluding carboxylic acids is 4. The van der Waals surface area contributed by atoms with E-state index in [9.17, 15) is 19.2 Å². The molecule has 0 spiro atoms. The van der Waals surface area contributed by atoms with E-state index in [1.165, 1.54) is 0 Å². The molecule has 1 saturated carbocycles. The van der Waals surface area contributed by atoms with E-state index in [4.69, 9.17) is 9.47 Å². The van der Waals surface area contributed by atoms with Crippen molar-refractivity contribution in [1.82, 2.24) is 21.3 Å². The van der Waals surface area contributed by atoms with Gasteiger partial charge in [0.1, 0.15) is 23.3 Å². The molecule has 2 aromatic carbocycles. The Bertz CT molecular complexity index is 1140. The van der Waals surface area contributed by atoms with Gasteiger partial charge in [0, 0.05) is 24.9 Å². The highest BCUT2D eigenvalue weighted by molar-refractivity contribution is 5.87. The van der Waals surface area contributed by atoms with Crippen molar-refractivity contribution in [3.63, 3.8) is 0 Å². The van der Waals surface area contributed by atoms with Crippen LogP contribution in [0.4, 0.5) is 9.59 Å². The fourth-order valence-corrected chi connectivity index (χ4v) is 5.06. The average molecular weight is 609 g/mol. The molecule has 0 aliphatic heterocycles. The second-order valence-corrected chi connectivity index (χ2v) is 13.3. The molecular weight excluding hydrogens is 560 g/mol. The fraction of sp³-hybridized carbons (Fsp3) is 0.529. The predicted molar refractivity (Wildman–Crippen MR) is 169 cm³/mol. The van der Waals surface area contributed by atoms with Crippen LogP contribution < -0.4 is 21.3 Å². The van der Waals surface area contributed by atoms with Gasteiger partial charge < -0.3 is 30.7 Å². The molecule has 10 nitrogen and oxygen atoms in total. The first-order valence-corrected chi connectivity index (χ1v) is 15.4. The van der Waals surface area contributed by atoms with E-state index < -0.39 is 35.5 Å². The van der Waals surface area contributed by atoms with Crippen LogP contribution in [0.25, 0.3) is 0 Å². The zero-order chi connectivity index (χ0) is 32.3. The van der Waals surface area contributed by atoms with Gasteiger partial charge in [-0.3, -0.25) is 9.59 Å². The largest absolute Gasteiger partial charge is 0.444 e. The Morgan fingerprint density at radius 3 is 1.30 bits per heavy atom. The lowest BCUT2D eigenvalue weighted by atomic mass is 9.89. The van der Waals surface area contributed by atoms with Crippen molar-refractivity contribution in [3.05, 3.63) is 71.8 Å². The Morgan fingerprint density at radius 1 is 0.636 bits per heavy atom. The number of nitrogens with one attached hydrogen (secondary N) is 4. The molecule has 240 valence electrons. The third-order valence-electron chi connectivity index (χ3n) is 7.00. The Balaban J connectivity index is 1.74. The molecule has 3 rings (SSSR count). The average Bonchev–Trinajstić information content (AvgIpc) is 2.92. The third-order valence-corrected chi connectivity index (χ3v) is 7.00.